The summed E-state index contributed by atoms with van der Waals surface area (Å²) in [6, 6.07) is 6.02. The number of ether oxygens (including phenoxy) is 1. The number of benzene rings is 1. The molecule has 0 aliphatic carbocycles. The molecule has 10 heteroatoms. The van der Waals surface area contributed by atoms with E-state index in [1.807, 2.05) is 18.2 Å². The zero-order valence-corrected chi connectivity index (χ0v) is 17.0. The Morgan fingerprint density at radius 3 is 3.07 bits per heavy atom. The van der Waals surface area contributed by atoms with Crippen LogP contribution in [0, 0.1) is 0 Å². The van der Waals surface area contributed by atoms with E-state index in [0.29, 0.717) is 42.0 Å². The van der Waals surface area contributed by atoms with Crippen LogP contribution in [0.3, 0.4) is 0 Å². The quantitative estimate of drug-likeness (QED) is 0.444. The van der Waals surface area contributed by atoms with Crippen LogP contribution in [0.25, 0.3) is 11.2 Å². The van der Waals surface area contributed by atoms with Crippen LogP contribution < -0.4 is 26.4 Å². The molecule has 28 heavy (non-hydrogen) atoms. The molecule has 1 saturated heterocycles. The fourth-order valence-electron chi connectivity index (χ4n) is 3.29. The van der Waals surface area contributed by atoms with Gasteiger partial charge < -0.3 is 25.7 Å². The number of imidazole rings is 1. The fraction of sp³-hybridized carbons (Fsp3) is 0.389. The minimum absolute atomic E-state index is 0.235. The van der Waals surface area contributed by atoms with Crippen molar-refractivity contribution in [3.05, 3.63) is 44.9 Å². The Morgan fingerprint density at radius 2 is 2.29 bits per heavy atom. The summed E-state index contributed by atoms with van der Waals surface area (Å²) in [4.78, 5) is 24.2. The van der Waals surface area contributed by atoms with Crippen molar-refractivity contribution >= 4 is 33.0 Å². The van der Waals surface area contributed by atoms with Crippen molar-refractivity contribution in [3.8, 4) is 5.75 Å². The summed E-state index contributed by atoms with van der Waals surface area (Å²) in [6.07, 6.45) is 1.63. The van der Waals surface area contributed by atoms with Gasteiger partial charge in [0, 0.05) is 42.3 Å². The van der Waals surface area contributed by atoms with E-state index in [0.717, 1.165) is 29.7 Å². The molecular formula is C18H22BrN7O2. The average Bonchev–Trinajstić information content (AvgIpc) is 3.02. The lowest BCUT2D eigenvalue weighted by molar-refractivity contribution is 0.408. The first kappa shape index (κ1) is 18.9. The summed E-state index contributed by atoms with van der Waals surface area (Å²) < 4.78 is 7.93. The lowest BCUT2D eigenvalue weighted by Gasteiger charge is -2.24. The first-order chi connectivity index (χ1) is 13.6. The van der Waals surface area contributed by atoms with Crippen LogP contribution in [0.5, 0.6) is 5.75 Å². The number of nitrogens with one attached hydrogen (secondary N) is 4. The molecule has 1 fully saturated rings. The summed E-state index contributed by atoms with van der Waals surface area (Å²) in [5.41, 5.74) is 1.80. The molecule has 0 radical (unpaired) electrons. The third kappa shape index (κ3) is 4.03. The first-order valence-electron chi connectivity index (χ1n) is 9.10. The minimum Gasteiger partial charge on any atom is -0.496 e. The van der Waals surface area contributed by atoms with Crippen LogP contribution in [0.15, 0.2) is 33.7 Å². The second-order valence-corrected chi connectivity index (χ2v) is 7.56. The van der Waals surface area contributed by atoms with Crippen molar-refractivity contribution in [2.45, 2.75) is 12.6 Å². The number of halogens is 1. The van der Waals surface area contributed by atoms with Gasteiger partial charge in [-0.25, -0.2) is 9.78 Å². The fourth-order valence-corrected chi connectivity index (χ4v) is 3.70. The number of hydrogen-bond acceptors (Lipinski definition) is 7. The number of hydrogen-bond donors (Lipinski definition) is 4. The van der Waals surface area contributed by atoms with Crippen LogP contribution >= 0.6 is 15.9 Å². The third-order valence-corrected chi connectivity index (χ3v) is 5.21. The maximum absolute atomic E-state index is 12.5. The number of methoxy groups -OCH3 is 1. The van der Waals surface area contributed by atoms with Crippen molar-refractivity contribution in [2.24, 2.45) is 0 Å². The van der Waals surface area contributed by atoms with E-state index >= 15 is 0 Å². The molecule has 9 nitrogen and oxygen atoms in total. The SMILES string of the molecule is COc1ccc(Br)cc1Cn1c(=O)[nH]c2cnc(NC[C@H]3CNCCN3)nc21. The van der Waals surface area contributed by atoms with Crippen LogP contribution in [0.2, 0.25) is 0 Å². The molecule has 0 amide bonds. The molecule has 148 valence electrons. The van der Waals surface area contributed by atoms with Gasteiger partial charge in [0.05, 0.1) is 19.9 Å². The van der Waals surface area contributed by atoms with Gasteiger partial charge in [0.25, 0.3) is 0 Å². The van der Waals surface area contributed by atoms with Gasteiger partial charge in [-0.3, -0.25) is 4.57 Å². The summed E-state index contributed by atoms with van der Waals surface area (Å²) in [6.45, 7) is 3.86. The van der Waals surface area contributed by atoms with E-state index in [1.54, 1.807) is 17.9 Å². The molecule has 3 heterocycles. The summed E-state index contributed by atoms with van der Waals surface area (Å²) in [5.74, 6) is 1.21. The molecule has 3 aromatic rings. The van der Waals surface area contributed by atoms with Crippen LogP contribution in [0.4, 0.5) is 5.95 Å². The van der Waals surface area contributed by atoms with Crippen molar-refractivity contribution in [1.82, 2.24) is 30.2 Å². The van der Waals surface area contributed by atoms with Crippen molar-refractivity contribution in [2.75, 3.05) is 38.6 Å². The smallest absolute Gasteiger partial charge is 0.328 e. The molecule has 0 bridgehead atoms. The van der Waals surface area contributed by atoms with E-state index in [2.05, 4.69) is 46.8 Å². The van der Waals surface area contributed by atoms with Gasteiger partial charge >= 0.3 is 5.69 Å². The Morgan fingerprint density at radius 1 is 1.39 bits per heavy atom. The molecule has 0 spiro atoms. The van der Waals surface area contributed by atoms with E-state index in [1.165, 1.54) is 0 Å². The van der Waals surface area contributed by atoms with Gasteiger partial charge in [0.2, 0.25) is 5.95 Å². The van der Waals surface area contributed by atoms with Gasteiger partial charge in [0.15, 0.2) is 5.65 Å². The molecule has 2 aromatic heterocycles. The van der Waals surface area contributed by atoms with Gasteiger partial charge in [-0.2, -0.15) is 4.98 Å². The van der Waals surface area contributed by atoms with Gasteiger partial charge in [-0.05, 0) is 18.2 Å². The number of anilines is 1. The monoisotopic (exact) mass is 447 g/mol. The summed E-state index contributed by atoms with van der Waals surface area (Å²) >= 11 is 3.47. The van der Waals surface area contributed by atoms with Gasteiger partial charge in [0.1, 0.15) is 11.3 Å². The number of aromatic amines is 1. The van der Waals surface area contributed by atoms with E-state index in [9.17, 15) is 4.79 Å². The molecular weight excluding hydrogens is 426 g/mol. The molecule has 4 rings (SSSR count). The zero-order chi connectivity index (χ0) is 19.5. The number of rotatable bonds is 6. The van der Waals surface area contributed by atoms with Crippen LogP contribution in [-0.2, 0) is 6.54 Å². The highest BCUT2D eigenvalue weighted by atomic mass is 79.9. The average molecular weight is 448 g/mol. The minimum atomic E-state index is -0.235. The molecule has 1 aromatic carbocycles. The Bertz CT molecular complexity index is 1030. The maximum atomic E-state index is 12.5. The van der Waals surface area contributed by atoms with Crippen molar-refractivity contribution < 1.29 is 4.74 Å². The maximum Gasteiger partial charge on any atom is 0.328 e. The number of H-pyrrole nitrogens is 1. The lowest BCUT2D eigenvalue weighted by Crippen LogP contribution is -2.51. The van der Waals surface area contributed by atoms with Crippen molar-refractivity contribution in [3.63, 3.8) is 0 Å². The normalized spacial score (nSPS) is 17.0. The number of piperazine rings is 1. The highest BCUT2D eigenvalue weighted by Gasteiger charge is 2.15. The predicted octanol–water partition coefficient (Wildman–Crippen LogP) is 0.912. The topological polar surface area (TPSA) is 109 Å². The standard InChI is InChI=1S/C18H22BrN7O2/c1-28-15-3-2-12(19)6-11(15)10-26-16-14(24-18(26)27)9-23-17(25-16)22-8-13-7-20-4-5-21-13/h2-3,6,9,13,20-21H,4-5,7-8,10H2,1H3,(H,24,27)(H,22,23,25)/t13-/m1/s1. The lowest BCUT2D eigenvalue weighted by atomic mass is 10.2. The van der Waals surface area contributed by atoms with Crippen LogP contribution in [-0.4, -0.2) is 58.8 Å². The largest absolute Gasteiger partial charge is 0.496 e. The highest BCUT2D eigenvalue weighted by Crippen LogP contribution is 2.24. The number of nitrogens with zero attached hydrogens (tertiary/aromatic N) is 3. The summed E-state index contributed by atoms with van der Waals surface area (Å²) in [7, 11) is 1.61. The van der Waals surface area contributed by atoms with Crippen LogP contribution in [0.1, 0.15) is 5.56 Å². The zero-order valence-electron chi connectivity index (χ0n) is 15.5. The highest BCUT2D eigenvalue weighted by molar-refractivity contribution is 9.10. The van der Waals surface area contributed by atoms with E-state index in [-0.39, 0.29) is 5.69 Å². The number of aromatic nitrogens is 4. The second-order valence-electron chi connectivity index (χ2n) is 6.64. The molecule has 1 atom stereocenters. The Kier molecular flexibility index (Phi) is 5.60. The Labute approximate surface area is 170 Å². The second kappa shape index (κ2) is 8.29. The van der Waals surface area contributed by atoms with Gasteiger partial charge in [-0.15, -0.1) is 0 Å². The molecule has 0 unspecified atom stereocenters. The summed E-state index contributed by atoms with van der Waals surface area (Å²) in [5, 5.41) is 10.0. The van der Waals surface area contributed by atoms with E-state index < -0.39 is 0 Å². The first-order valence-corrected chi connectivity index (χ1v) is 9.89. The molecule has 1 aliphatic rings. The Hall–Kier alpha value is -2.43. The number of fused-ring (bicyclic) bond motifs is 1. The molecule has 1 aliphatic heterocycles. The predicted molar refractivity (Wildman–Crippen MR) is 111 cm³/mol. The molecule has 0 saturated carbocycles. The Balaban J connectivity index is 1.60. The van der Waals surface area contributed by atoms with E-state index in [4.69, 9.17) is 4.74 Å². The molecule has 4 N–H and O–H groups in total. The van der Waals surface area contributed by atoms with Gasteiger partial charge in [-0.1, -0.05) is 15.9 Å². The third-order valence-electron chi connectivity index (χ3n) is 4.71. The van der Waals surface area contributed by atoms with Crippen molar-refractivity contribution in [1.29, 1.82) is 0 Å².